The Bertz CT molecular complexity index is 537. The summed E-state index contributed by atoms with van der Waals surface area (Å²) in [4.78, 5) is 16.3. The van der Waals surface area contributed by atoms with Gasteiger partial charge in [0.15, 0.2) is 0 Å². The standard InChI is InChI=1S/C13H14O2S2/c1-8-4-5-11(16-8)12-6-10(9(2)17-12)7-13(14)15-3/h4-6H,7H2,1-3H3. The van der Waals surface area contributed by atoms with Crippen LogP contribution in [0.25, 0.3) is 9.75 Å². The first kappa shape index (κ1) is 12.3. The number of thiophene rings is 2. The molecule has 0 unspecified atom stereocenters. The van der Waals surface area contributed by atoms with Crippen molar-refractivity contribution in [2.45, 2.75) is 20.3 Å². The summed E-state index contributed by atoms with van der Waals surface area (Å²) in [5, 5.41) is 0. The molecule has 0 saturated heterocycles. The third kappa shape index (κ3) is 2.76. The fourth-order valence-corrected chi connectivity index (χ4v) is 3.60. The van der Waals surface area contributed by atoms with Gasteiger partial charge < -0.3 is 4.74 Å². The minimum Gasteiger partial charge on any atom is -0.469 e. The predicted octanol–water partition coefficient (Wildman–Crippen LogP) is 3.81. The Kier molecular flexibility index (Phi) is 3.64. The molecule has 90 valence electrons. The summed E-state index contributed by atoms with van der Waals surface area (Å²) in [7, 11) is 1.42. The Balaban J connectivity index is 2.27. The highest BCUT2D eigenvalue weighted by molar-refractivity contribution is 7.22. The molecule has 0 bridgehead atoms. The van der Waals surface area contributed by atoms with E-state index >= 15 is 0 Å². The molecular weight excluding hydrogens is 252 g/mol. The highest BCUT2D eigenvalue weighted by Gasteiger charge is 2.12. The summed E-state index contributed by atoms with van der Waals surface area (Å²) >= 11 is 3.52. The van der Waals surface area contributed by atoms with Crippen LogP contribution in [0.2, 0.25) is 0 Å². The van der Waals surface area contributed by atoms with Crippen LogP contribution in [0.4, 0.5) is 0 Å². The fraction of sp³-hybridized carbons (Fsp3) is 0.308. The molecule has 2 aromatic rings. The van der Waals surface area contributed by atoms with Gasteiger partial charge in [-0.25, -0.2) is 0 Å². The molecule has 0 aliphatic carbocycles. The lowest BCUT2D eigenvalue weighted by atomic mass is 10.2. The Morgan fingerprint density at radius 3 is 2.59 bits per heavy atom. The molecule has 0 N–H and O–H groups in total. The van der Waals surface area contributed by atoms with Crippen molar-refractivity contribution in [1.82, 2.24) is 0 Å². The molecule has 0 aliphatic heterocycles. The Morgan fingerprint density at radius 1 is 1.24 bits per heavy atom. The van der Waals surface area contributed by atoms with E-state index in [0.29, 0.717) is 6.42 Å². The van der Waals surface area contributed by atoms with Gasteiger partial charge >= 0.3 is 5.97 Å². The van der Waals surface area contributed by atoms with Gasteiger partial charge in [0.25, 0.3) is 0 Å². The van der Waals surface area contributed by atoms with Gasteiger partial charge in [0.2, 0.25) is 0 Å². The first-order chi connectivity index (χ1) is 8.10. The normalized spacial score (nSPS) is 10.5. The molecule has 0 spiro atoms. The number of aryl methyl sites for hydroxylation is 2. The van der Waals surface area contributed by atoms with Gasteiger partial charge in [0.1, 0.15) is 0 Å². The molecule has 17 heavy (non-hydrogen) atoms. The maximum atomic E-state index is 11.3. The first-order valence-electron chi connectivity index (χ1n) is 5.33. The second-order valence-corrected chi connectivity index (χ2v) is 6.40. The van der Waals surface area contributed by atoms with E-state index in [1.165, 1.54) is 26.6 Å². The van der Waals surface area contributed by atoms with Crippen molar-refractivity contribution in [3.63, 3.8) is 0 Å². The van der Waals surface area contributed by atoms with E-state index in [1.807, 2.05) is 6.92 Å². The smallest absolute Gasteiger partial charge is 0.310 e. The third-order valence-electron chi connectivity index (χ3n) is 2.57. The maximum absolute atomic E-state index is 11.3. The van der Waals surface area contributed by atoms with E-state index in [9.17, 15) is 4.79 Å². The Hall–Kier alpha value is -1.13. The van der Waals surface area contributed by atoms with E-state index in [0.717, 1.165) is 5.56 Å². The number of rotatable bonds is 3. The number of esters is 1. The fourth-order valence-electron chi connectivity index (χ4n) is 1.61. The minimum atomic E-state index is -0.181. The summed E-state index contributed by atoms with van der Waals surface area (Å²) in [5.41, 5.74) is 1.07. The van der Waals surface area contributed by atoms with Crippen molar-refractivity contribution in [3.8, 4) is 9.75 Å². The van der Waals surface area contributed by atoms with Crippen LogP contribution in [0, 0.1) is 13.8 Å². The van der Waals surface area contributed by atoms with Crippen molar-refractivity contribution in [1.29, 1.82) is 0 Å². The molecule has 2 rings (SSSR count). The highest BCUT2D eigenvalue weighted by atomic mass is 32.1. The van der Waals surface area contributed by atoms with Gasteiger partial charge in [-0.15, -0.1) is 22.7 Å². The van der Waals surface area contributed by atoms with Crippen LogP contribution in [-0.4, -0.2) is 13.1 Å². The average molecular weight is 266 g/mol. The zero-order chi connectivity index (χ0) is 12.4. The second-order valence-electron chi connectivity index (χ2n) is 3.86. The Morgan fingerprint density at radius 2 is 2.00 bits per heavy atom. The van der Waals surface area contributed by atoms with Crippen molar-refractivity contribution < 1.29 is 9.53 Å². The molecule has 2 nitrogen and oxygen atoms in total. The van der Waals surface area contributed by atoms with Crippen LogP contribution in [0.1, 0.15) is 15.3 Å². The molecule has 2 heterocycles. The van der Waals surface area contributed by atoms with Crippen molar-refractivity contribution in [2.75, 3.05) is 7.11 Å². The molecule has 0 aliphatic rings. The lowest BCUT2D eigenvalue weighted by Gasteiger charge is -1.97. The molecule has 0 amide bonds. The van der Waals surface area contributed by atoms with Crippen LogP contribution >= 0.6 is 22.7 Å². The monoisotopic (exact) mass is 266 g/mol. The van der Waals surface area contributed by atoms with E-state index < -0.39 is 0 Å². The van der Waals surface area contributed by atoms with Crippen LogP contribution in [0.5, 0.6) is 0 Å². The summed E-state index contributed by atoms with van der Waals surface area (Å²) in [5.74, 6) is -0.181. The largest absolute Gasteiger partial charge is 0.469 e. The lowest BCUT2D eigenvalue weighted by molar-refractivity contribution is -0.139. The Labute approximate surface area is 109 Å². The highest BCUT2D eigenvalue weighted by Crippen LogP contribution is 2.35. The van der Waals surface area contributed by atoms with E-state index in [1.54, 1.807) is 22.7 Å². The van der Waals surface area contributed by atoms with Crippen LogP contribution in [-0.2, 0) is 16.0 Å². The maximum Gasteiger partial charge on any atom is 0.310 e. The van der Waals surface area contributed by atoms with Gasteiger partial charge in [0, 0.05) is 19.5 Å². The van der Waals surface area contributed by atoms with E-state index in [-0.39, 0.29) is 5.97 Å². The number of ether oxygens (including phenoxy) is 1. The predicted molar refractivity (Wildman–Crippen MR) is 72.8 cm³/mol. The van der Waals surface area contributed by atoms with Crippen LogP contribution < -0.4 is 0 Å². The summed E-state index contributed by atoms with van der Waals surface area (Å²) in [6.07, 6.45) is 0.364. The summed E-state index contributed by atoms with van der Waals surface area (Å²) in [6.45, 7) is 4.15. The lowest BCUT2D eigenvalue weighted by Crippen LogP contribution is -2.04. The molecule has 0 radical (unpaired) electrons. The molecular formula is C13H14O2S2. The zero-order valence-electron chi connectivity index (χ0n) is 10.1. The van der Waals surface area contributed by atoms with E-state index in [4.69, 9.17) is 4.74 Å². The molecule has 0 fully saturated rings. The van der Waals surface area contributed by atoms with Gasteiger partial charge in [0.05, 0.1) is 13.5 Å². The molecule has 0 atom stereocenters. The summed E-state index contributed by atoms with van der Waals surface area (Å²) in [6, 6.07) is 6.35. The van der Waals surface area contributed by atoms with E-state index in [2.05, 4.69) is 25.1 Å². The minimum absolute atomic E-state index is 0.181. The van der Waals surface area contributed by atoms with Crippen molar-refractivity contribution in [2.24, 2.45) is 0 Å². The third-order valence-corrected chi connectivity index (χ3v) is 4.86. The topological polar surface area (TPSA) is 26.3 Å². The first-order valence-corrected chi connectivity index (χ1v) is 6.96. The van der Waals surface area contributed by atoms with Crippen molar-refractivity contribution in [3.05, 3.63) is 33.5 Å². The van der Waals surface area contributed by atoms with Crippen LogP contribution in [0.15, 0.2) is 18.2 Å². The number of hydrogen-bond acceptors (Lipinski definition) is 4. The quantitative estimate of drug-likeness (QED) is 0.790. The van der Waals surface area contributed by atoms with Gasteiger partial charge in [-0.1, -0.05) is 0 Å². The molecule has 0 saturated carbocycles. The van der Waals surface area contributed by atoms with Gasteiger partial charge in [-0.2, -0.15) is 0 Å². The van der Waals surface area contributed by atoms with Gasteiger partial charge in [-0.3, -0.25) is 4.79 Å². The van der Waals surface area contributed by atoms with Gasteiger partial charge in [-0.05, 0) is 37.6 Å². The van der Waals surface area contributed by atoms with Crippen LogP contribution in [0.3, 0.4) is 0 Å². The number of carbonyl (C=O) groups excluding carboxylic acids is 1. The number of hydrogen-bond donors (Lipinski definition) is 0. The summed E-state index contributed by atoms with van der Waals surface area (Å²) < 4.78 is 4.70. The second kappa shape index (κ2) is 5.02. The molecule has 4 heteroatoms. The number of carbonyl (C=O) groups is 1. The van der Waals surface area contributed by atoms with Crippen molar-refractivity contribution >= 4 is 28.6 Å². The molecule has 2 aromatic heterocycles. The number of methoxy groups -OCH3 is 1. The molecule has 0 aromatic carbocycles. The SMILES string of the molecule is COC(=O)Cc1cc(-c2ccc(C)s2)sc1C. The average Bonchev–Trinajstić information content (AvgIpc) is 2.86. The zero-order valence-corrected chi connectivity index (χ0v) is 11.7.